The first kappa shape index (κ1) is 13.7. The third-order valence-corrected chi connectivity index (χ3v) is 3.79. The van der Waals surface area contributed by atoms with Crippen molar-refractivity contribution in [2.24, 2.45) is 0 Å². The predicted molar refractivity (Wildman–Crippen MR) is 76.4 cm³/mol. The van der Waals surface area contributed by atoms with Gasteiger partial charge in [-0.05, 0) is 44.7 Å². The minimum atomic E-state index is 0.352. The van der Waals surface area contributed by atoms with E-state index in [4.69, 9.17) is 16.3 Å². The van der Waals surface area contributed by atoms with Crippen LogP contribution in [0, 0.1) is 0 Å². The van der Waals surface area contributed by atoms with Crippen molar-refractivity contribution in [3.8, 4) is 0 Å². The molecule has 1 heterocycles. The molecule has 1 N–H and O–H groups in total. The van der Waals surface area contributed by atoms with Gasteiger partial charge in [-0.25, -0.2) is 0 Å². The highest BCUT2D eigenvalue weighted by Crippen LogP contribution is 2.18. The summed E-state index contributed by atoms with van der Waals surface area (Å²) in [5, 5.41) is 4.17. The standard InChI is InChI=1S/C14H21ClN2O/c1-11-14(7-10-18-11)17(2)9-8-16-13-5-3-12(15)4-6-13/h3-6,11,14,16H,7-10H2,1-2H3. The highest BCUT2D eigenvalue weighted by molar-refractivity contribution is 6.30. The van der Waals surface area contributed by atoms with E-state index in [1.54, 1.807) is 0 Å². The maximum atomic E-state index is 5.85. The number of rotatable bonds is 5. The van der Waals surface area contributed by atoms with Crippen molar-refractivity contribution in [3.05, 3.63) is 29.3 Å². The third kappa shape index (κ3) is 3.61. The van der Waals surface area contributed by atoms with Crippen LogP contribution in [0.2, 0.25) is 5.02 Å². The molecule has 1 saturated heterocycles. The second kappa shape index (κ2) is 6.41. The molecule has 2 rings (SSSR count). The van der Waals surface area contributed by atoms with Gasteiger partial charge in [-0.3, -0.25) is 4.90 Å². The molecule has 0 saturated carbocycles. The highest BCUT2D eigenvalue weighted by Gasteiger charge is 2.27. The van der Waals surface area contributed by atoms with Crippen molar-refractivity contribution < 1.29 is 4.74 Å². The van der Waals surface area contributed by atoms with Gasteiger partial charge in [0.1, 0.15) is 0 Å². The summed E-state index contributed by atoms with van der Waals surface area (Å²) in [5.41, 5.74) is 1.11. The number of likely N-dealkylation sites (N-methyl/N-ethyl adjacent to an activating group) is 1. The van der Waals surface area contributed by atoms with Crippen molar-refractivity contribution in [3.63, 3.8) is 0 Å². The van der Waals surface area contributed by atoms with Gasteiger partial charge in [-0.15, -0.1) is 0 Å². The molecule has 100 valence electrons. The van der Waals surface area contributed by atoms with Crippen molar-refractivity contribution >= 4 is 17.3 Å². The van der Waals surface area contributed by atoms with Crippen molar-refractivity contribution in [2.45, 2.75) is 25.5 Å². The SMILES string of the molecule is CC1OCCC1N(C)CCNc1ccc(Cl)cc1. The van der Waals surface area contributed by atoms with Gasteiger partial charge in [0.15, 0.2) is 0 Å². The number of benzene rings is 1. The first-order valence-corrected chi connectivity index (χ1v) is 6.86. The summed E-state index contributed by atoms with van der Waals surface area (Å²) in [6.07, 6.45) is 1.49. The van der Waals surface area contributed by atoms with Crippen LogP contribution in [-0.2, 0) is 4.74 Å². The fourth-order valence-electron chi connectivity index (χ4n) is 2.41. The first-order valence-electron chi connectivity index (χ1n) is 6.48. The van der Waals surface area contributed by atoms with E-state index in [2.05, 4.69) is 24.2 Å². The lowest BCUT2D eigenvalue weighted by atomic mass is 10.1. The molecule has 0 aliphatic carbocycles. The van der Waals surface area contributed by atoms with Gasteiger partial charge in [0.05, 0.1) is 6.10 Å². The largest absolute Gasteiger partial charge is 0.384 e. The monoisotopic (exact) mass is 268 g/mol. The summed E-state index contributed by atoms with van der Waals surface area (Å²) < 4.78 is 5.59. The molecule has 3 nitrogen and oxygen atoms in total. The lowest BCUT2D eigenvalue weighted by Gasteiger charge is -2.26. The zero-order chi connectivity index (χ0) is 13.0. The molecule has 2 unspecified atom stereocenters. The van der Waals surface area contributed by atoms with Crippen LogP contribution in [0.25, 0.3) is 0 Å². The Labute approximate surface area is 114 Å². The lowest BCUT2D eigenvalue weighted by molar-refractivity contribution is 0.0850. The van der Waals surface area contributed by atoms with Gasteiger partial charge in [0.25, 0.3) is 0 Å². The molecule has 1 aromatic rings. The van der Waals surface area contributed by atoms with Crippen LogP contribution in [0.15, 0.2) is 24.3 Å². The molecule has 18 heavy (non-hydrogen) atoms. The number of ether oxygens (including phenoxy) is 1. The molecule has 1 fully saturated rings. The zero-order valence-corrected chi connectivity index (χ0v) is 11.8. The molecular formula is C14H21ClN2O. The van der Waals surface area contributed by atoms with E-state index in [0.717, 1.165) is 36.8 Å². The average Bonchev–Trinajstić information content (AvgIpc) is 2.78. The fourth-order valence-corrected chi connectivity index (χ4v) is 2.54. The number of hydrogen-bond donors (Lipinski definition) is 1. The molecule has 2 atom stereocenters. The van der Waals surface area contributed by atoms with E-state index >= 15 is 0 Å². The van der Waals surface area contributed by atoms with Crippen molar-refractivity contribution in [2.75, 3.05) is 32.1 Å². The number of hydrogen-bond acceptors (Lipinski definition) is 3. The van der Waals surface area contributed by atoms with Crippen molar-refractivity contribution in [1.82, 2.24) is 4.90 Å². The Morgan fingerprint density at radius 2 is 2.11 bits per heavy atom. The third-order valence-electron chi connectivity index (χ3n) is 3.54. The molecule has 0 amide bonds. The van der Waals surface area contributed by atoms with Crippen LogP contribution in [-0.4, -0.2) is 43.8 Å². The van der Waals surface area contributed by atoms with E-state index in [1.165, 1.54) is 0 Å². The van der Waals surface area contributed by atoms with Crippen LogP contribution in [0.1, 0.15) is 13.3 Å². The van der Waals surface area contributed by atoms with Gasteiger partial charge in [0.2, 0.25) is 0 Å². The number of halogens is 1. The van der Waals surface area contributed by atoms with E-state index in [0.29, 0.717) is 12.1 Å². The van der Waals surface area contributed by atoms with Gasteiger partial charge in [-0.2, -0.15) is 0 Å². The van der Waals surface area contributed by atoms with Crippen LogP contribution < -0.4 is 5.32 Å². The molecule has 0 spiro atoms. The minimum absolute atomic E-state index is 0.352. The smallest absolute Gasteiger partial charge is 0.0702 e. The summed E-state index contributed by atoms with van der Waals surface area (Å²) in [6, 6.07) is 8.37. The molecular weight excluding hydrogens is 248 g/mol. The summed E-state index contributed by atoms with van der Waals surface area (Å²) in [6.45, 7) is 4.99. The van der Waals surface area contributed by atoms with Crippen LogP contribution in [0.3, 0.4) is 0 Å². The first-order chi connectivity index (χ1) is 8.66. The minimum Gasteiger partial charge on any atom is -0.384 e. The van der Waals surface area contributed by atoms with Crippen molar-refractivity contribution in [1.29, 1.82) is 0 Å². The zero-order valence-electron chi connectivity index (χ0n) is 11.0. The van der Waals surface area contributed by atoms with Crippen LogP contribution in [0.5, 0.6) is 0 Å². The number of nitrogens with one attached hydrogen (secondary N) is 1. The number of nitrogens with zero attached hydrogens (tertiary/aromatic N) is 1. The van der Waals surface area contributed by atoms with E-state index < -0.39 is 0 Å². The molecule has 1 aliphatic rings. The second-order valence-electron chi connectivity index (χ2n) is 4.85. The topological polar surface area (TPSA) is 24.5 Å². The second-order valence-corrected chi connectivity index (χ2v) is 5.28. The summed E-state index contributed by atoms with van der Waals surface area (Å²) >= 11 is 5.85. The molecule has 1 aromatic carbocycles. The number of anilines is 1. The van der Waals surface area contributed by atoms with Gasteiger partial charge in [-0.1, -0.05) is 11.6 Å². The highest BCUT2D eigenvalue weighted by atomic mass is 35.5. The Kier molecular flexibility index (Phi) is 4.87. The Bertz CT molecular complexity index is 369. The molecule has 0 bridgehead atoms. The average molecular weight is 269 g/mol. The van der Waals surface area contributed by atoms with E-state index in [-0.39, 0.29) is 0 Å². The molecule has 0 aromatic heterocycles. The fraction of sp³-hybridized carbons (Fsp3) is 0.571. The predicted octanol–water partition coefficient (Wildman–Crippen LogP) is 2.86. The molecule has 4 heteroatoms. The van der Waals surface area contributed by atoms with Gasteiger partial charge in [0, 0.05) is 36.4 Å². The molecule has 1 aliphatic heterocycles. The summed E-state index contributed by atoms with van der Waals surface area (Å²) in [5.74, 6) is 0. The maximum Gasteiger partial charge on any atom is 0.0702 e. The van der Waals surface area contributed by atoms with Crippen LogP contribution in [0.4, 0.5) is 5.69 Å². The van der Waals surface area contributed by atoms with Gasteiger partial charge >= 0.3 is 0 Å². The van der Waals surface area contributed by atoms with E-state index in [1.807, 2.05) is 24.3 Å². The normalized spacial score (nSPS) is 23.6. The lowest BCUT2D eigenvalue weighted by Crippen LogP contribution is -2.39. The molecule has 0 radical (unpaired) electrons. The Morgan fingerprint density at radius 1 is 1.39 bits per heavy atom. The van der Waals surface area contributed by atoms with Crippen LogP contribution >= 0.6 is 11.6 Å². The Morgan fingerprint density at radius 3 is 2.72 bits per heavy atom. The quantitative estimate of drug-likeness (QED) is 0.889. The maximum absolute atomic E-state index is 5.85. The summed E-state index contributed by atoms with van der Waals surface area (Å²) in [7, 11) is 2.17. The van der Waals surface area contributed by atoms with Gasteiger partial charge < -0.3 is 10.1 Å². The Hall–Kier alpha value is -0.770. The summed E-state index contributed by atoms with van der Waals surface area (Å²) in [4.78, 5) is 2.38. The van der Waals surface area contributed by atoms with E-state index in [9.17, 15) is 0 Å². The Balaban J connectivity index is 1.73.